The molecule has 16 heavy (non-hydrogen) atoms. The van der Waals surface area contributed by atoms with Crippen LogP contribution in [-0.2, 0) is 13.6 Å². The number of aromatic nitrogens is 4. The quantitative estimate of drug-likeness (QED) is 0.868. The van der Waals surface area contributed by atoms with Crippen LogP contribution in [0.25, 0.3) is 0 Å². The lowest BCUT2D eigenvalue weighted by molar-refractivity contribution is 0.370. The van der Waals surface area contributed by atoms with Crippen molar-refractivity contribution in [3.63, 3.8) is 0 Å². The lowest BCUT2D eigenvalue weighted by Crippen LogP contribution is -2.02. The van der Waals surface area contributed by atoms with Gasteiger partial charge in [-0.2, -0.15) is 5.10 Å². The first-order chi connectivity index (χ1) is 7.72. The van der Waals surface area contributed by atoms with Crippen LogP contribution in [0.15, 0.2) is 5.51 Å². The molecule has 7 heteroatoms. The zero-order valence-electron chi connectivity index (χ0n) is 9.39. The van der Waals surface area contributed by atoms with Crippen LogP contribution in [0, 0.1) is 6.92 Å². The van der Waals surface area contributed by atoms with E-state index in [1.807, 2.05) is 14.0 Å². The molecule has 2 aromatic heterocycles. The van der Waals surface area contributed by atoms with Crippen LogP contribution < -0.4 is 10.1 Å². The summed E-state index contributed by atoms with van der Waals surface area (Å²) in [7, 11) is 3.51. The summed E-state index contributed by atoms with van der Waals surface area (Å²) < 4.78 is 7.02. The zero-order chi connectivity index (χ0) is 11.5. The Balaban J connectivity index is 2.14. The zero-order valence-corrected chi connectivity index (χ0v) is 10.2. The Morgan fingerprint density at radius 2 is 2.38 bits per heavy atom. The second kappa shape index (κ2) is 4.48. The van der Waals surface area contributed by atoms with Gasteiger partial charge in [-0.05, 0) is 6.92 Å². The number of nitrogens with zero attached hydrogens (tertiary/aromatic N) is 4. The molecule has 0 aliphatic rings. The molecule has 0 saturated heterocycles. The molecule has 2 rings (SSSR count). The summed E-state index contributed by atoms with van der Waals surface area (Å²) in [6, 6.07) is 0. The van der Waals surface area contributed by atoms with Crippen LogP contribution in [-0.4, -0.2) is 27.1 Å². The van der Waals surface area contributed by atoms with Gasteiger partial charge in [-0.1, -0.05) is 11.3 Å². The highest BCUT2D eigenvalue weighted by Crippen LogP contribution is 2.22. The standard InChI is InChI=1S/C9H13N5OS/c1-6-7(8(15-3)14(2)13-6)4-10-9-12-11-5-16-9/h5H,4H2,1-3H3,(H,10,12). The van der Waals surface area contributed by atoms with Crippen molar-refractivity contribution in [1.29, 1.82) is 0 Å². The Morgan fingerprint density at radius 1 is 1.56 bits per heavy atom. The molecule has 1 N–H and O–H groups in total. The molecular weight excluding hydrogens is 226 g/mol. The van der Waals surface area contributed by atoms with Gasteiger partial charge in [0.2, 0.25) is 11.0 Å². The molecule has 0 atom stereocenters. The SMILES string of the molecule is COc1c(CNc2nncs2)c(C)nn1C. The van der Waals surface area contributed by atoms with E-state index in [1.165, 1.54) is 11.3 Å². The number of hydrogen-bond donors (Lipinski definition) is 1. The number of nitrogens with one attached hydrogen (secondary N) is 1. The van der Waals surface area contributed by atoms with Gasteiger partial charge in [0.25, 0.3) is 0 Å². The molecule has 2 heterocycles. The normalized spacial score (nSPS) is 10.4. The van der Waals surface area contributed by atoms with Gasteiger partial charge in [0.15, 0.2) is 0 Å². The molecule has 86 valence electrons. The number of ether oxygens (including phenoxy) is 1. The summed E-state index contributed by atoms with van der Waals surface area (Å²) >= 11 is 1.47. The smallest absolute Gasteiger partial charge is 0.216 e. The van der Waals surface area contributed by atoms with Gasteiger partial charge in [0.05, 0.1) is 18.4 Å². The third-order valence-corrected chi connectivity index (χ3v) is 2.91. The predicted octanol–water partition coefficient (Wildman–Crippen LogP) is 1.20. The summed E-state index contributed by atoms with van der Waals surface area (Å²) in [6.45, 7) is 2.59. The molecule has 0 unspecified atom stereocenters. The number of aryl methyl sites for hydroxylation is 2. The van der Waals surface area contributed by atoms with E-state index >= 15 is 0 Å². The minimum atomic E-state index is 0.637. The van der Waals surface area contributed by atoms with Crippen LogP contribution in [0.1, 0.15) is 11.3 Å². The van der Waals surface area contributed by atoms with Crippen molar-refractivity contribution >= 4 is 16.5 Å². The number of methoxy groups -OCH3 is 1. The van der Waals surface area contributed by atoms with Gasteiger partial charge in [-0.25, -0.2) is 4.68 Å². The highest BCUT2D eigenvalue weighted by atomic mass is 32.1. The first kappa shape index (κ1) is 10.9. The Hall–Kier alpha value is -1.63. The Morgan fingerprint density at radius 3 is 3.00 bits per heavy atom. The first-order valence-electron chi connectivity index (χ1n) is 4.79. The van der Waals surface area contributed by atoms with Gasteiger partial charge in [0.1, 0.15) is 5.51 Å². The maximum atomic E-state index is 5.29. The predicted molar refractivity (Wildman–Crippen MR) is 61.7 cm³/mol. The average Bonchev–Trinajstić information content (AvgIpc) is 2.83. The summed E-state index contributed by atoms with van der Waals surface area (Å²) in [4.78, 5) is 0. The van der Waals surface area contributed by atoms with Gasteiger partial charge < -0.3 is 10.1 Å². The molecule has 0 aliphatic carbocycles. The van der Waals surface area contributed by atoms with Gasteiger partial charge in [-0.3, -0.25) is 0 Å². The third kappa shape index (κ3) is 1.99. The highest BCUT2D eigenvalue weighted by molar-refractivity contribution is 7.13. The Bertz CT molecular complexity index is 464. The minimum absolute atomic E-state index is 0.637. The fraction of sp³-hybridized carbons (Fsp3) is 0.444. The average molecular weight is 239 g/mol. The maximum Gasteiger partial charge on any atom is 0.216 e. The number of hydrogen-bond acceptors (Lipinski definition) is 6. The van der Waals surface area contributed by atoms with Crippen LogP contribution in [0.5, 0.6) is 5.88 Å². The van der Waals surface area contributed by atoms with Crippen LogP contribution in [0.2, 0.25) is 0 Å². The monoisotopic (exact) mass is 239 g/mol. The molecule has 0 spiro atoms. The van der Waals surface area contributed by atoms with Crippen LogP contribution >= 0.6 is 11.3 Å². The molecule has 0 saturated carbocycles. The summed E-state index contributed by atoms with van der Waals surface area (Å²) in [6.07, 6.45) is 0. The van der Waals surface area contributed by atoms with E-state index < -0.39 is 0 Å². The molecule has 6 nitrogen and oxygen atoms in total. The largest absolute Gasteiger partial charge is 0.481 e. The molecule has 0 amide bonds. The summed E-state index contributed by atoms with van der Waals surface area (Å²) in [5.41, 5.74) is 3.69. The van der Waals surface area contributed by atoms with Crippen LogP contribution in [0.4, 0.5) is 5.13 Å². The fourth-order valence-electron chi connectivity index (χ4n) is 1.55. The Labute approximate surface area is 97.3 Å². The molecule has 0 fully saturated rings. The minimum Gasteiger partial charge on any atom is -0.481 e. The van der Waals surface area contributed by atoms with Crippen molar-refractivity contribution in [2.75, 3.05) is 12.4 Å². The molecule has 2 aromatic rings. The molecule has 0 bridgehead atoms. The van der Waals surface area contributed by atoms with Gasteiger partial charge in [0, 0.05) is 13.6 Å². The van der Waals surface area contributed by atoms with E-state index in [0.717, 1.165) is 22.3 Å². The van der Waals surface area contributed by atoms with Crippen molar-refractivity contribution in [3.05, 3.63) is 16.8 Å². The lowest BCUT2D eigenvalue weighted by Gasteiger charge is -2.05. The van der Waals surface area contributed by atoms with Crippen molar-refractivity contribution in [2.24, 2.45) is 7.05 Å². The lowest BCUT2D eigenvalue weighted by atomic mass is 10.2. The van der Waals surface area contributed by atoms with Gasteiger partial charge >= 0.3 is 0 Å². The summed E-state index contributed by atoms with van der Waals surface area (Å²) in [5, 5.41) is 16.0. The molecule has 0 radical (unpaired) electrons. The molecule has 0 aliphatic heterocycles. The second-order valence-corrected chi connectivity index (χ2v) is 4.13. The van der Waals surface area contributed by atoms with Crippen molar-refractivity contribution in [1.82, 2.24) is 20.0 Å². The topological polar surface area (TPSA) is 64.9 Å². The van der Waals surface area contributed by atoms with Crippen molar-refractivity contribution in [3.8, 4) is 5.88 Å². The van der Waals surface area contributed by atoms with E-state index in [0.29, 0.717) is 6.54 Å². The molecule has 0 aromatic carbocycles. The highest BCUT2D eigenvalue weighted by Gasteiger charge is 2.13. The third-order valence-electron chi connectivity index (χ3n) is 2.26. The van der Waals surface area contributed by atoms with E-state index in [2.05, 4.69) is 20.6 Å². The fourth-order valence-corrected chi connectivity index (χ4v) is 2.00. The van der Waals surface area contributed by atoms with E-state index in [-0.39, 0.29) is 0 Å². The van der Waals surface area contributed by atoms with E-state index in [4.69, 9.17) is 4.74 Å². The number of anilines is 1. The maximum absolute atomic E-state index is 5.29. The van der Waals surface area contributed by atoms with Crippen molar-refractivity contribution in [2.45, 2.75) is 13.5 Å². The van der Waals surface area contributed by atoms with Gasteiger partial charge in [-0.15, -0.1) is 10.2 Å². The number of rotatable bonds is 4. The first-order valence-corrected chi connectivity index (χ1v) is 5.67. The molecular formula is C9H13N5OS. The van der Waals surface area contributed by atoms with E-state index in [1.54, 1.807) is 17.3 Å². The Kier molecular flexibility index (Phi) is 3.04. The van der Waals surface area contributed by atoms with Crippen LogP contribution in [0.3, 0.4) is 0 Å². The second-order valence-electron chi connectivity index (χ2n) is 3.29. The van der Waals surface area contributed by atoms with Crippen molar-refractivity contribution < 1.29 is 4.74 Å². The van der Waals surface area contributed by atoms with E-state index in [9.17, 15) is 0 Å². The summed E-state index contributed by atoms with van der Waals surface area (Å²) in [5.74, 6) is 0.773.